The Morgan fingerprint density at radius 2 is 2.04 bits per heavy atom. The zero-order valence-electron chi connectivity index (χ0n) is 14.9. The molecule has 0 spiro atoms. The third kappa shape index (κ3) is 2.90. The van der Waals surface area contributed by atoms with Crippen molar-refractivity contribution in [1.82, 2.24) is 0 Å². The van der Waals surface area contributed by atoms with Crippen molar-refractivity contribution < 1.29 is 9.47 Å². The van der Waals surface area contributed by atoms with E-state index in [1.54, 1.807) is 7.11 Å². The number of methoxy groups -OCH3 is 1. The van der Waals surface area contributed by atoms with E-state index in [9.17, 15) is 0 Å². The van der Waals surface area contributed by atoms with E-state index in [4.69, 9.17) is 21.1 Å². The van der Waals surface area contributed by atoms with E-state index < -0.39 is 0 Å². The second-order valence-corrected chi connectivity index (χ2v) is 7.57. The second kappa shape index (κ2) is 6.54. The lowest BCUT2D eigenvalue weighted by Gasteiger charge is -2.44. The van der Waals surface area contributed by atoms with Crippen molar-refractivity contribution in [3.05, 3.63) is 57.6 Å². The Hall–Kier alpha value is -1.71. The van der Waals surface area contributed by atoms with Gasteiger partial charge < -0.3 is 14.8 Å². The maximum absolute atomic E-state index is 6.39. The van der Waals surface area contributed by atoms with Gasteiger partial charge in [0.15, 0.2) is 0 Å². The van der Waals surface area contributed by atoms with E-state index in [2.05, 4.69) is 37.4 Å². The molecule has 2 aromatic rings. The maximum atomic E-state index is 6.39. The van der Waals surface area contributed by atoms with Crippen molar-refractivity contribution in [2.75, 3.05) is 19.0 Å². The summed E-state index contributed by atoms with van der Waals surface area (Å²) in [7, 11) is 1.65. The van der Waals surface area contributed by atoms with E-state index in [-0.39, 0.29) is 12.1 Å². The van der Waals surface area contributed by atoms with Gasteiger partial charge in [0.2, 0.25) is 0 Å². The van der Waals surface area contributed by atoms with Crippen LogP contribution in [0.4, 0.5) is 5.69 Å². The number of nitrogens with one attached hydrogen (secondary N) is 1. The molecule has 2 aliphatic heterocycles. The summed E-state index contributed by atoms with van der Waals surface area (Å²) in [6.07, 6.45) is 2.40. The molecule has 0 saturated carbocycles. The number of fused-ring (bicyclic) bond motifs is 3. The van der Waals surface area contributed by atoms with Crippen LogP contribution in [0.1, 0.15) is 47.2 Å². The number of ether oxygens (including phenoxy) is 2. The van der Waals surface area contributed by atoms with E-state index in [1.807, 2.05) is 12.1 Å². The lowest BCUT2D eigenvalue weighted by atomic mass is 9.76. The smallest absolute Gasteiger partial charge is 0.137 e. The number of hydrogen-bond donors (Lipinski definition) is 1. The molecule has 0 amide bonds. The monoisotopic (exact) mass is 357 g/mol. The summed E-state index contributed by atoms with van der Waals surface area (Å²) in [6.45, 7) is 5.16. The summed E-state index contributed by atoms with van der Waals surface area (Å²) in [6, 6.07) is 10.8. The van der Waals surface area contributed by atoms with Crippen LogP contribution in [0, 0.1) is 19.8 Å². The highest BCUT2D eigenvalue weighted by Crippen LogP contribution is 2.50. The summed E-state index contributed by atoms with van der Waals surface area (Å²) in [5.41, 5.74) is 6.27. The molecule has 2 heterocycles. The zero-order valence-corrected chi connectivity index (χ0v) is 15.7. The molecule has 2 aromatic carbocycles. The molecule has 1 N–H and O–H groups in total. The molecule has 1 saturated heterocycles. The van der Waals surface area contributed by atoms with Crippen LogP contribution in [0.5, 0.6) is 5.75 Å². The van der Waals surface area contributed by atoms with Crippen LogP contribution in [-0.4, -0.2) is 13.7 Å². The molecule has 3 atom stereocenters. The normalized spacial score (nSPS) is 24.9. The van der Waals surface area contributed by atoms with E-state index >= 15 is 0 Å². The predicted octanol–water partition coefficient (Wildman–Crippen LogP) is 5.60. The van der Waals surface area contributed by atoms with Gasteiger partial charge in [0, 0.05) is 23.8 Å². The number of benzene rings is 2. The number of aryl methyl sites for hydroxylation is 2. The van der Waals surface area contributed by atoms with Gasteiger partial charge in [0.25, 0.3) is 0 Å². The van der Waals surface area contributed by atoms with Crippen LogP contribution >= 0.6 is 11.6 Å². The summed E-state index contributed by atoms with van der Waals surface area (Å²) in [5.74, 6) is 1.12. The molecule has 1 fully saturated rings. The van der Waals surface area contributed by atoms with Crippen LogP contribution in [-0.2, 0) is 4.74 Å². The topological polar surface area (TPSA) is 30.5 Å². The second-order valence-electron chi connectivity index (χ2n) is 7.16. The van der Waals surface area contributed by atoms with Gasteiger partial charge >= 0.3 is 0 Å². The Morgan fingerprint density at radius 3 is 2.80 bits per heavy atom. The van der Waals surface area contributed by atoms with Gasteiger partial charge in [-0.05, 0) is 49.9 Å². The molecule has 132 valence electrons. The predicted molar refractivity (Wildman–Crippen MR) is 102 cm³/mol. The molecular formula is C21H24ClNO2. The molecule has 0 aromatic heterocycles. The fourth-order valence-electron chi connectivity index (χ4n) is 4.36. The summed E-state index contributed by atoms with van der Waals surface area (Å²) < 4.78 is 11.6. The molecule has 4 rings (SSSR count). The maximum Gasteiger partial charge on any atom is 0.137 e. The molecule has 2 aliphatic rings. The Balaban J connectivity index is 1.79. The number of rotatable bonds is 2. The van der Waals surface area contributed by atoms with Crippen molar-refractivity contribution in [3.8, 4) is 5.75 Å². The highest BCUT2D eigenvalue weighted by Gasteiger charge is 2.40. The molecule has 25 heavy (non-hydrogen) atoms. The Bertz CT molecular complexity index is 805. The minimum atomic E-state index is 0.148. The van der Waals surface area contributed by atoms with Gasteiger partial charge in [0.1, 0.15) is 5.75 Å². The highest BCUT2D eigenvalue weighted by molar-refractivity contribution is 6.32. The summed E-state index contributed by atoms with van der Waals surface area (Å²) in [5, 5.41) is 4.45. The van der Waals surface area contributed by atoms with Gasteiger partial charge in [-0.15, -0.1) is 0 Å². The average molecular weight is 358 g/mol. The van der Waals surface area contributed by atoms with Crippen LogP contribution in [0.3, 0.4) is 0 Å². The molecule has 1 unspecified atom stereocenters. The van der Waals surface area contributed by atoms with Crippen LogP contribution in [0.2, 0.25) is 5.02 Å². The first-order chi connectivity index (χ1) is 12.1. The fourth-order valence-corrected chi connectivity index (χ4v) is 4.62. The minimum absolute atomic E-state index is 0.148. The number of hydrogen-bond acceptors (Lipinski definition) is 3. The molecule has 0 radical (unpaired) electrons. The molecule has 0 bridgehead atoms. The standard InChI is InChI=1S/C21H24ClNO2/c1-12-9-13(2)19-16(10-12)21-15(5-4-8-25-21)20(23-19)14-6-7-18(24-3)17(22)11-14/h6-7,9-11,15,20-21,23H,4-5,8H2,1-3H3/t15-,20?,21-/m0/s1. The van der Waals surface area contributed by atoms with Gasteiger partial charge in [-0.25, -0.2) is 0 Å². The molecule has 4 heteroatoms. The van der Waals surface area contributed by atoms with Gasteiger partial charge in [0.05, 0.1) is 24.3 Å². The van der Waals surface area contributed by atoms with Crippen molar-refractivity contribution >= 4 is 17.3 Å². The summed E-state index contributed by atoms with van der Waals surface area (Å²) >= 11 is 6.39. The number of halogens is 1. The number of anilines is 1. The van der Waals surface area contributed by atoms with Crippen molar-refractivity contribution in [2.24, 2.45) is 5.92 Å². The van der Waals surface area contributed by atoms with E-state index in [0.717, 1.165) is 19.4 Å². The lowest BCUT2D eigenvalue weighted by molar-refractivity contribution is -0.0382. The van der Waals surface area contributed by atoms with Gasteiger partial charge in [-0.1, -0.05) is 35.4 Å². The van der Waals surface area contributed by atoms with Crippen LogP contribution in [0.15, 0.2) is 30.3 Å². The first-order valence-electron chi connectivity index (χ1n) is 8.91. The molecule has 3 nitrogen and oxygen atoms in total. The van der Waals surface area contributed by atoms with E-state index in [1.165, 1.54) is 27.9 Å². The first-order valence-corrected chi connectivity index (χ1v) is 9.29. The largest absolute Gasteiger partial charge is 0.495 e. The lowest BCUT2D eigenvalue weighted by Crippen LogP contribution is -2.36. The van der Waals surface area contributed by atoms with Crippen molar-refractivity contribution in [1.29, 1.82) is 0 Å². The SMILES string of the molecule is COc1ccc(C2Nc3c(C)cc(C)cc3[C@H]3OCCC[C@@H]23)cc1Cl. The Kier molecular flexibility index (Phi) is 4.38. The highest BCUT2D eigenvalue weighted by atomic mass is 35.5. The first kappa shape index (κ1) is 16.7. The minimum Gasteiger partial charge on any atom is -0.495 e. The quantitative estimate of drug-likeness (QED) is 0.758. The average Bonchev–Trinajstić information content (AvgIpc) is 2.61. The van der Waals surface area contributed by atoms with Crippen molar-refractivity contribution in [3.63, 3.8) is 0 Å². The van der Waals surface area contributed by atoms with Crippen LogP contribution in [0.25, 0.3) is 0 Å². The summed E-state index contributed by atoms with van der Waals surface area (Å²) in [4.78, 5) is 0. The van der Waals surface area contributed by atoms with Gasteiger partial charge in [-0.2, -0.15) is 0 Å². The van der Waals surface area contributed by atoms with Crippen LogP contribution < -0.4 is 10.1 Å². The molecular weight excluding hydrogens is 334 g/mol. The third-order valence-electron chi connectivity index (χ3n) is 5.45. The van der Waals surface area contributed by atoms with Crippen molar-refractivity contribution in [2.45, 2.75) is 38.8 Å². The Morgan fingerprint density at radius 1 is 1.20 bits per heavy atom. The third-order valence-corrected chi connectivity index (χ3v) is 5.74. The van der Waals surface area contributed by atoms with Gasteiger partial charge in [-0.3, -0.25) is 0 Å². The zero-order chi connectivity index (χ0) is 17.6. The Labute approximate surface area is 154 Å². The fraction of sp³-hybridized carbons (Fsp3) is 0.429. The van der Waals surface area contributed by atoms with E-state index in [0.29, 0.717) is 16.7 Å². The molecule has 0 aliphatic carbocycles.